The van der Waals surface area contributed by atoms with Gasteiger partial charge in [0.05, 0.1) is 10.6 Å². The van der Waals surface area contributed by atoms with Gasteiger partial charge in [-0.1, -0.05) is 30.3 Å². The number of rotatable bonds is 5. The lowest BCUT2D eigenvalue weighted by molar-refractivity contribution is -0.383. The van der Waals surface area contributed by atoms with Crippen molar-refractivity contribution in [2.75, 3.05) is 11.9 Å². The molecule has 0 fully saturated rings. The largest absolute Gasteiger partial charge is 0.383 e. The predicted molar refractivity (Wildman–Crippen MR) is 77.1 cm³/mol. The fraction of sp³-hybridized carbons (Fsp3) is 0.143. The van der Waals surface area contributed by atoms with E-state index in [9.17, 15) is 10.1 Å². The maximum atomic E-state index is 10.9. The number of benzene rings is 2. The molecule has 0 unspecified atom stereocenters. The zero-order valence-electron chi connectivity index (χ0n) is 11.0. The summed E-state index contributed by atoms with van der Waals surface area (Å²) in [5.41, 5.74) is 2.30. The van der Waals surface area contributed by atoms with Gasteiger partial charge in [-0.15, -0.1) is 0 Å². The second-order valence-corrected chi connectivity index (χ2v) is 4.51. The van der Waals surface area contributed by atoms with Gasteiger partial charge in [-0.25, -0.2) is 4.63 Å². The van der Waals surface area contributed by atoms with E-state index >= 15 is 0 Å². The minimum atomic E-state index is -0.500. The average Bonchev–Trinajstić information content (AvgIpc) is 2.98. The monoisotopic (exact) mass is 284 g/mol. The highest BCUT2D eigenvalue weighted by Crippen LogP contribution is 2.28. The van der Waals surface area contributed by atoms with Gasteiger partial charge < -0.3 is 5.32 Å². The Morgan fingerprint density at radius 1 is 1.10 bits per heavy atom. The maximum absolute atomic E-state index is 10.9. The lowest BCUT2D eigenvalue weighted by Gasteiger charge is -2.06. The van der Waals surface area contributed by atoms with Crippen LogP contribution >= 0.6 is 0 Å². The topological polar surface area (TPSA) is 94.1 Å². The van der Waals surface area contributed by atoms with Gasteiger partial charge >= 0.3 is 5.69 Å². The third kappa shape index (κ3) is 2.66. The molecule has 1 aromatic heterocycles. The van der Waals surface area contributed by atoms with Crippen LogP contribution in [-0.4, -0.2) is 21.8 Å². The summed E-state index contributed by atoms with van der Waals surface area (Å²) in [5, 5.41) is 21.4. The summed E-state index contributed by atoms with van der Waals surface area (Å²) in [7, 11) is 0. The van der Waals surface area contributed by atoms with Crippen LogP contribution in [0.15, 0.2) is 47.1 Å². The molecule has 2 aromatic carbocycles. The molecule has 7 nitrogen and oxygen atoms in total. The summed E-state index contributed by atoms with van der Waals surface area (Å²) in [6.07, 6.45) is 0.838. The number of hydrogen-bond donors (Lipinski definition) is 1. The molecule has 0 aliphatic heterocycles. The number of aromatic nitrogens is 2. The number of nitrogens with one attached hydrogen (secondary N) is 1. The Balaban J connectivity index is 1.77. The number of nitro groups is 1. The van der Waals surface area contributed by atoms with E-state index in [4.69, 9.17) is 0 Å². The van der Waals surface area contributed by atoms with Gasteiger partial charge in [-0.3, -0.25) is 10.1 Å². The van der Waals surface area contributed by atoms with Gasteiger partial charge in [0.1, 0.15) is 0 Å². The number of fused-ring (bicyclic) bond motifs is 1. The molecular formula is C14H12N4O3. The van der Waals surface area contributed by atoms with Crippen LogP contribution in [0.4, 0.5) is 11.4 Å². The van der Waals surface area contributed by atoms with Crippen LogP contribution in [0.5, 0.6) is 0 Å². The highest BCUT2D eigenvalue weighted by molar-refractivity contribution is 5.93. The fourth-order valence-electron chi connectivity index (χ4n) is 2.13. The second-order valence-electron chi connectivity index (χ2n) is 4.51. The Bertz CT molecular complexity index is 770. The fourth-order valence-corrected chi connectivity index (χ4v) is 2.13. The van der Waals surface area contributed by atoms with E-state index < -0.39 is 4.92 Å². The number of nitrogens with zero attached hydrogens (tertiary/aromatic N) is 3. The molecule has 3 aromatic rings. The second kappa shape index (κ2) is 5.58. The molecule has 7 heteroatoms. The van der Waals surface area contributed by atoms with Crippen molar-refractivity contribution in [2.24, 2.45) is 0 Å². The van der Waals surface area contributed by atoms with E-state index in [1.165, 1.54) is 11.6 Å². The summed E-state index contributed by atoms with van der Waals surface area (Å²) < 4.78 is 4.62. The van der Waals surface area contributed by atoms with E-state index in [0.717, 1.165) is 6.42 Å². The van der Waals surface area contributed by atoms with Crippen LogP contribution in [0.25, 0.3) is 11.0 Å². The predicted octanol–water partition coefficient (Wildman–Crippen LogP) is 2.79. The smallest absolute Gasteiger partial charge is 0.300 e. The molecule has 0 atom stereocenters. The van der Waals surface area contributed by atoms with Gasteiger partial charge in [0, 0.05) is 12.6 Å². The third-order valence-corrected chi connectivity index (χ3v) is 3.16. The Hall–Kier alpha value is -2.96. The molecule has 0 bridgehead atoms. The molecule has 106 valence electrons. The van der Waals surface area contributed by atoms with Crippen molar-refractivity contribution in [2.45, 2.75) is 6.42 Å². The number of anilines is 1. The van der Waals surface area contributed by atoms with E-state index in [-0.39, 0.29) is 11.2 Å². The van der Waals surface area contributed by atoms with E-state index in [1.54, 1.807) is 6.07 Å². The number of non-ortho nitro benzene ring substituents is 1. The first kappa shape index (κ1) is 13.0. The first-order chi connectivity index (χ1) is 10.3. The minimum absolute atomic E-state index is 0.111. The molecule has 0 radical (unpaired) electrons. The lowest BCUT2D eigenvalue weighted by Crippen LogP contribution is -2.05. The van der Waals surface area contributed by atoms with Gasteiger partial charge in [-0.05, 0) is 28.4 Å². The van der Waals surface area contributed by atoms with Crippen molar-refractivity contribution >= 4 is 22.4 Å². The summed E-state index contributed by atoms with van der Waals surface area (Å²) in [6, 6.07) is 13.1. The van der Waals surface area contributed by atoms with Crippen molar-refractivity contribution in [1.82, 2.24) is 10.3 Å². The Labute approximate surface area is 119 Å². The molecule has 0 saturated heterocycles. The van der Waals surface area contributed by atoms with Gasteiger partial charge in [-0.2, -0.15) is 0 Å². The number of hydrogen-bond acceptors (Lipinski definition) is 6. The Kier molecular flexibility index (Phi) is 3.46. The highest BCUT2D eigenvalue weighted by Gasteiger charge is 2.19. The van der Waals surface area contributed by atoms with E-state index in [2.05, 4.69) is 20.3 Å². The van der Waals surface area contributed by atoms with E-state index in [0.29, 0.717) is 17.7 Å². The SMILES string of the molecule is O=[N+]([O-])c1ccc(NCCc2ccccc2)c2nonc12. The van der Waals surface area contributed by atoms with Crippen molar-refractivity contribution in [3.63, 3.8) is 0 Å². The van der Waals surface area contributed by atoms with Crippen molar-refractivity contribution in [1.29, 1.82) is 0 Å². The molecule has 0 saturated carbocycles. The molecule has 0 amide bonds. The molecule has 0 aliphatic rings. The van der Waals surface area contributed by atoms with Crippen LogP contribution in [0, 0.1) is 10.1 Å². The third-order valence-electron chi connectivity index (χ3n) is 3.16. The zero-order valence-corrected chi connectivity index (χ0v) is 11.0. The molecule has 0 aliphatic carbocycles. The van der Waals surface area contributed by atoms with Crippen LogP contribution in [0.3, 0.4) is 0 Å². The van der Waals surface area contributed by atoms with Crippen molar-refractivity contribution < 1.29 is 9.55 Å². The molecular weight excluding hydrogens is 272 g/mol. The average molecular weight is 284 g/mol. The molecule has 21 heavy (non-hydrogen) atoms. The zero-order chi connectivity index (χ0) is 14.7. The van der Waals surface area contributed by atoms with Gasteiger partial charge in [0.25, 0.3) is 0 Å². The molecule has 3 rings (SSSR count). The summed E-state index contributed by atoms with van der Waals surface area (Å²) in [5.74, 6) is 0. The highest BCUT2D eigenvalue weighted by atomic mass is 16.6. The lowest BCUT2D eigenvalue weighted by atomic mass is 10.1. The number of nitro benzene ring substituents is 1. The van der Waals surface area contributed by atoms with Crippen LogP contribution in [0.2, 0.25) is 0 Å². The first-order valence-electron chi connectivity index (χ1n) is 6.43. The van der Waals surface area contributed by atoms with Crippen LogP contribution < -0.4 is 5.32 Å². The maximum Gasteiger partial charge on any atom is 0.300 e. The van der Waals surface area contributed by atoms with Crippen molar-refractivity contribution in [3.05, 3.63) is 58.1 Å². The molecule has 1 N–H and O–H groups in total. The quantitative estimate of drug-likeness (QED) is 0.572. The molecule has 1 heterocycles. The van der Waals surface area contributed by atoms with Crippen LogP contribution in [0.1, 0.15) is 5.56 Å². The Morgan fingerprint density at radius 2 is 1.86 bits per heavy atom. The summed E-state index contributed by atoms with van der Waals surface area (Å²) >= 11 is 0. The Morgan fingerprint density at radius 3 is 2.62 bits per heavy atom. The van der Waals surface area contributed by atoms with Gasteiger partial charge in [0.2, 0.25) is 5.52 Å². The standard InChI is InChI=1S/C14H12N4O3/c19-18(20)12-7-6-11(13-14(12)17-21-16-13)15-9-8-10-4-2-1-3-5-10/h1-7,15H,8-9H2. The minimum Gasteiger partial charge on any atom is -0.383 e. The normalized spacial score (nSPS) is 10.7. The summed E-state index contributed by atoms with van der Waals surface area (Å²) in [6.45, 7) is 0.684. The van der Waals surface area contributed by atoms with Crippen LogP contribution in [-0.2, 0) is 6.42 Å². The first-order valence-corrected chi connectivity index (χ1v) is 6.43. The van der Waals surface area contributed by atoms with Crippen molar-refractivity contribution in [3.8, 4) is 0 Å². The van der Waals surface area contributed by atoms with Gasteiger partial charge in [0.15, 0.2) is 5.52 Å². The van der Waals surface area contributed by atoms with E-state index in [1.807, 2.05) is 30.3 Å². The summed E-state index contributed by atoms with van der Waals surface area (Å²) in [4.78, 5) is 10.4. The molecule has 0 spiro atoms.